The van der Waals surface area contributed by atoms with E-state index in [1.54, 1.807) is 12.3 Å². The van der Waals surface area contributed by atoms with Gasteiger partial charge in [-0.25, -0.2) is 14.8 Å². The van der Waals surface area contributed by atoms with Gasteiger partial charge < -0.3 is 23.9 Å². The van der Waals surface area contributed by atoms with Crippen molar-refractivity contribution in [1.29, 1.82) is 0 Å². The number of likely N-dealkylation sites (tertiary alicyclic amines) is 1. The van der Waals surface area contributed by atoms with Gasteiger partial charge in [0, 0.05) is 25.3 Å². The summed E-state index contributed by atoms with van der Waals surface area (Å²) in [5.41, 5.74) is 2.46. The summed E-state index contributed by atoms with van der Waals surface area (Å²) in [6.07, 6.45) is 4.65. The smallest absolute Gasteiger partial charge is 0.365 e. The van der Waals surface area contributed by atoms with Crippen LogP contribution in [-0.2, 0) is 23.6 Å². The van der Waals surface area contributed by atoms with Crippen molar-refractivity contribution < 1.29 is 24.1 Å². The number of carboxylic acid groups (broad SMARTS) is 1. The molecule has 10 nitrogen and oxygen atoms in total. The zero-order valence-electron chi connectivity index (χ0n) is 21.9. The third kappa shape index (κ3) is 4.60. The molecule has 0 amide bonds. The molecule has 4 aromatic rings. The summed E-state index contributed by atoms with van der Waals surface area (Å²) < 4.78 is 20.4. The summed E-state index contributed by atoms with van der Waals surface area (Å²) in [6, 6.07) is 9.71. The molecule has 0 aliphatic carbocycles. The monoisotopic (exact) mass is 581 g/mol. The number of ether oxygens (including phenoxy) is 3. The lowest BCUT2D eigenvalue weighted by molar-refractivity contribution is -0.0722. The summed E-state index contributed by atoms with van der Waals surface area (Å²) in [5.74, 6) is 0.728. The first-order valence-electron chi connectivity index (χ1n) is 13.4. The van der Waals surface area contributed by atoms with Crippen LogP contribution >= 0.6 is 22.9 Å². The van der Waals surface area contributed by atoms with Gasteiger partial charge in [0.05, 0.1) is 24.2 Å². The number of thiazole rings is 1. The molecule has 2 atom stereocenters. The molecule has 7 rings (SSSR count). The molecule has 3 aliphatic rings. The minimum absolute atomic E-state index is 0.0673. The maximum absolute atomic E-state index is 11.5. The number of nitrogens with zero attached hydrogens (tertiary/aromatic N) is 5. The Kier molecular flexibility index (Phi) is 6.42. The highest BCUT2D eigenvalue weighted by molar-refractivity contribution is 7.19. The summed E-state index contributed by atoms with van der Waals surface area (Å²) >= 11 is 7.16. The number of aromatic carboxylic acids is 1. The predicted molar refractivity (Wildman–Crippen MR) is 148 cm³/mol. The molecule has 0 spiro atoms. The first-order chi connectivity index (χ1) is 19.4. The first-order valence-corrected chi connectivity index (χ1v) is 14.6. The minimum Gasteiger partial charge on any atom is -0.476 e. The maximum atomic E-state index is 11.5. The van der Waals surface area contributed by atoms with E-state index in [1.807, 2.05) is 25.1 Å². The van der Waals surface area contributed by atoms with Gasteiger partial charge in [0.1, 0.15) is 11.5 Å². The van der Waals surface area contributed by atoms with Gasteiger partial charge in [-0.05, 0) is 56.5 Å². The number of halogens is 1. The highest BCUT2D eigenvalue weighted by Crippen LogP contribution is 2.49. The maximum Gasteiger partial charge on any atom is 0.365 e. The zero-order chi connectivity index (χ0) is 27.4. The zero-order valence-corrected chi connectivity index (χ0v) is 23.5. The van der Waals surface area contributed by atoms with E-state index in [0.717, 1.165) is 73.2 Å². The van der Waals surface area contributed by atoms with E-state index in [0.29, 0.717) is 40.2 Å². The van der Waals surface area contributed by atoms with Crippen LogP contribution in [0.25, 0.3) is 10.5 Å². The van der Waals surface area contributed by atoms with Crippen LogP contribution in [-0.4, -0.2) is 61.3 Å². The Balaban J connectivity index is 1.06. The normalized spacial score (nSPS) is 23.0. The van der Waals surface area contributed by atoms with E-state index in [1.165, 1.54) is 0 Å². The average Bonchev–Trinajstić information content (AvgIpc) is 3.58. The Morgan fingerprint density at radius 1 is 1.18 bits per heavy atom. The van der Waals surface area contributed by atoms with Crippen molar-refractivity contribution in [3.05, 3.63) is 63.6 Å². The lowest BCUT2D eigenvalue weighted by atomic mass is 9.88. The van der Waals surface area contributed by atoms with Crippen LogP contribution in [0.15, 0.2) is 36.5 Å². The lowest BCUT2D eigenvalue weighted by Gasteiger charge is -2.33. The van der Waals surface area contributed by atoms with Gasteiger partial charge in [-0.15, -0.1) is 0 Å². The van der Waals surface area contributed by atoms with E-state index in [4.69, 9.17) is 30.8 Å². The minimum atomic E-state index is -1.02. The highest BCUT2D eigenvalue weighted by atomic mass is 35.5. The molecule has 0 unspecified atom stereocenters. The number of rotatable bonds is 7. The number of hydrogen-bond acceptors (Lipinski definition) is 9. The third-order valence-corrected chi connectivity index (χ3v) is 9.10. The molecule has 208 valence electrons. The average molecular weight is 582 g/mol. The number of piperidine rings is 1. The van der Waals surface area contributed by atoms with Crippen LogP contribution < -0.4 is 9.47 Å². The second kappa shape index (κ2) is 9.99. The third-order valence-electron chi connectivity index (χ3n) is 7.95. The van der Waals surface area contributed by atoms with Crippen molar-refractivity contribution in [2.45, 2.75) is 57.1 Å². The van der Waals surface area contributed by atoms with Gasteiger partial charge in [0.25, 0.3) is 5.79 Å². The molecule has 0 bridgehead atoms. The molecule has 0 radical (unpaired) electrons. The predicted octanol–water partition coefficient (Wildman–Crippen LogP) is 5.05. The number of carbonyl (C=O) groups is 1. The van der Waals surface area contributed by atoms with Crippen molar-refractivity contribution in [3.63, 3.8) is 0 Å². The molecular weight excluding hydrogens is 554 g/mol. The number of benzene rings is 1. The molecule has 3 aromatic heterocycles. The Morgan fingerprint density at radius 2 is 2.00 bits per heavy atom. The Hall–Kier alpha value is -3.25. The molecule has 40 heavy (non-hydrogen) atoms. The summed E-state index contributed by atoms with van der Waals surface area (Å²) in [7, 11) is 0. The number of aromatic nitrogens is 4. The highest BCUT2D eigenvalue weighted by Gasteiger charge is 2.42. The number of hydrogen-bond donors (Lipinski definition) is 1. The van der Waals surface area contributed by atoms with Crippen molar-refractivity contribution >= 4 is 39.4 Å². The first kappa shape index (κ1) is 25.7. The molecular formula is C28H28ClN5O5S. The van der Waals surface area contributed by atoms with Crippen LogP contribution in [0.1, 0.15) is 59.0 Å². The number of para-hydroxylation sites is 1. The van der Waals surface area contributed by atoms with Gasteiger partial charge in [0.15, 0.2) is 22.0 Å². The standard InChI is InChI=1S/C28H28ClN5O5S/c1-28(21-6-5-17(29)13-30-21)38-20-4-2-3-19(23(20)39-28)16-7-10-33(11-8-16)15-22-31-25-24(32-26(40-25)27(35)36)34(22)14-18-9-12-37-18/h2-6,13,16,18H,7-12,14-15H2,1H3,(H,35,36)/t18-,28-/m0/s1. The quantitative estimate of drug-likeness (QED) is 0.320. The summed E-state index contributed by atoms with van der Waals surface area (Å²) in [6.45, 7) is 5.76. The van der Waals surface area contributed by atoms with Gasteiger partial charge in [-0.3, -0.25) is 9.88 Å². The van der Waals surface area contributed by atoms with Gasteiger partial charge in [0.2, 0.25) is 5.01 Å². The van der Waals surface area contributed by atoms with Gasteiger partial charge in [-0.2, -0.15) is 0 Å². The molecule has 3 aliphatic heterocycles. The molecule has 0 saturated carbocycles. The van der Waals surface area contributed by atoms with Gasteiger partial charge in [-0.1, -0.05) is 35.1 Å². The van der Waals surface area contributed by atoms with E-state index >= 15 is 0 Å². The van der Waals surface area contributed by atoms with E-state index in [2.05, 4.69) is 25.5 Å². The molecule has 2 saturated heterocycles. The fourth-order valence-electron chi connectivity index (χ4n) is 5.71. The van der Waals surface area contributed by atoms with Crippen molar-refractivity contribution in [3.8, 4) is 11.5 Å². The van der Waals surface area contributed by atoms with Crippen LogP contribution in [0.5, 0.6) is 11.5 Å². The number of carboxylic acids is 1. The lowest BCUT2D eigenvalue weighted by Crippen LogP contribution is -2.35. The molecule has 2 fully saturated rings. The largest absolute Gasteiger partial charge is 0.476 e. The van der Waals surface area contributed by atoms with Gasteiger partial charge >= 0.3 is 5.97 Å². The van der Waals surface area contributed by atoms with E-state index < -0.39 is 11.8 Å². The second-order valence-corrected chi connectivity index (χ2v) is 12.0. The topological polar surface area (TPSA) is 112 Å². The number of imidazole rings is 1. The van der Waals surface area contributed by atoms with Crippen molar-refractivity contribution in [1.82, 2.24) is 24.4 Å². The Labute approximate surface area is 239 Å². The van der Waals surface area contributed by atoms with Crippen molar-refractivity contribution in [2.75, 3.05) is 19.7 Å². The van der Waals surface area contributed by atoms with Crippen LogP contribution in [0, 0.1) is 0 Å². The van der Waals surface area contributed by atoms with E-state index in [-0.39, 0.29) is 11.1 Å². The molecule has 12 heteroatoms. The number of pyridine rings is 1. The second-order valence-electron chi connectivity index (χ2n) is 10.6. The van der Waals surface area contributed by atoms with E-state index in [9.17, 15) is 9.90 Å². The fraction of sp³-hybridized carbons (Fsp3) is 0.429. The SMILES string of the molecule is C[C@]1(c2ccc(Cl)cn2)Oc2cccc(C3CCN(Cc4nc5sc(C(=O)O)nc5n4C[C@@H]4CCO4)CC3)c2O1. The molecule has 6 heterocycles. The summed E-state index contributed by atoms with van der Waals surface area (Å²) in [4.78, 5) is 28.1. The van der Waals surface area contributed by atoms with Crippen LogP contribution in [0.3, 0.4) is 0 Å². The number of fused-ring (bicyclic) bond motifs is 2. The van der Waals surface area contributed by atoms with Crippen LogP contribution in [0.4, 0.5) is 0 Å². The van der Waals surface area contributed by atoms with Crippen LogP contribution in [0.2, 0.25) is 5.02 Å². The molecule has 1 aromatic carbocycles. The Bertz CT molecular complexity index is 1580. The van der Waals surface area contributed by atoms with Crippen molar-refractivity contribution in [2.24, 2.45) is 0 Å². The summed E-state index contributed by atoms with van der Waals surface area (Å²) in [5, 5.41) is 10.0. The molecule has 1 N–H and O–H groups in total. The fourth-order valence-corrected chi connectivity index (χ4v) is 6.62. The Morgan fingerprint density at radius 3 is 2.70 bits per heavy atom.